The maximum Gasteiger partial charge on any atom is 0.242 e. The van der Waals surface area contributed by atoms with E-state index in [9.17, 15) is 14.4 Å². The van der Waals surface area contributed by atoms with Crippen LogP contribution < -0.4 is 21.3 Å². The summed E-state index contributed by atoms with van der Waals surface area (Å²) in [5.74, 6) is -0.686. The van der Waals surface area contributed by atoms with Gasteiger partial charge in [-0.25, -0.2) is 0 Å². The number of nitrogens with zero attached hydrogens (tertiary/aromatic N) is 1. The molecule has 4 N–H and O–H groups in total. The summed E-state index contributed by atoms with van der Waals surface area (Å²) in [7, 11) is 0. The molecular weight excluding hydrogens is 428 g/mol. The summed E-state index contributed by atoms with van der Waals surface area (Å²) in [6, 6.07) is 22.5. The Labute approximate surface area is 200 Å². The van der Waals surface area contributed by atoms with Gasteiger partial charge in [-0.15, -0.1) is 0 Å². The molecule has 1 atom stereocenters. The van der Waals surface area contributed by atoms with Crippen molar-refractivity contribution in [3.63, 3.8) is 0 Å². The van der Waals surface area contributed by atoms with Crippen LogP contribution in [0.15, 0.2) is 72.8 Å². The monoisotopic (exact) mass is 460 g/mol. The molecule has 0 heterocycles. The summed E-state index contributed by atoms with van der Waals surface area (Å²) < 4.78 is 0. The summed E-state index contributed by atoms with van der Waals surface area (Å²) in [4.78, 5) is 39.3. The second-order valence-electron chi connectivity index (χ2n) is 8.20. The lowest BCUT2D eigenvalue weighted by molar-refractivity contribution is -0.129. The van der Waals surface area contributed by atoms with Crippen molar-refractivity contribution in [2.45, 2.75) is 32.2 Å². The molecule has 3 rings (SSSR count). The minimum absolute atomic E-state index is 0.0821. The van der Waals surface area contributed by atoms with Crippen molar-refractivity contribution in [2.75, 3.05) is 24.5 Å². The Morgan fingerprint density at radius 2 is 1.65 bits per heavy atom. The van der Waals surface area contributed by atoms with Gasteiger partial charge >= 0.3 is 0 Å². The fourth-order valence-electron chi connectivity index (χ4n) is 3.80. The summed E-state index contributed by atoms with van der Waals surface area (Å²) in [6.45, 7) is 2.62. The first-order valence-electron chi connectivity index (χ1n) is 11.6. The number of benzene rings is 3. The van der Waals surface area contributed by atoms with Crippen molar-refractivity contribution in [3.8, 4) is 0 Å². The van der Waals surface area contributed by atoms with Gasteiger partial charge in [0.2, 0.25) is 17.7 Å². The van der Waals surface area contributed by atoms with E-state index in [1.165, 1.54) is 6.92 Å². The molecule has 0 saturated heterocycles. The molecule has 7 nitrogen and oxygen atoms in total. The van der Waals surface area contributed by atoms with Crippen molar-refractivity contribution < 1.29 is 14.4 Å². The van der Waals surface area contributed by atoms with Crippen molar-refractivity contribution in [3.05, 3.63) is 78.4 Å². The van der Waals surface area contributed by atoms with Gasteiger partial charge in [0.05, 0.1) is 0 Å². The molecule has 0 saturated carbocycles. The quantitative estimate of drug-likeness (QED) is 0.383. The highest BCUT2D eigenvalue weighted by Gasteiger charge is 2.22. The molecule has 7 heteroatoms. The van der Waals surface area contributed by atoms with E-state index in [0.29, 0.717) is 25.9 Å². The highest BCUT2D eigenvalue weighted by Crippen LogP contribution is 2.17. The van der Waals surface area contributed by atoms with Crippen LogP contribution in [0.3, 0.4) is 0 Å². The molecule has 0 radical (unpaired) electrons. The van der Waals surface area contributed by atoms with Crippen molar-refractivity contribution in [1.29, 1.82) is 0 Å². The van der Waals surface area contributed by atoms with Crippen LogP contribution in [0.5, 0.6) is 0 Å². The third-order valence-corrected chi connectivity index (χ3v) is 5.60. The first-order chi connectivity index (χ1) is 16.5. The van der Waals surface area contributed by atoms with Crippen LogP contribution >= 0.6 is 0 Å². The van der Waals surface area contributed by atoms with Crippen LogP contribution in [-0.4, -0.2) is 43.4 Å². The molecule has 3 amide bonds. The van der Waals surface area contributed by atoms with Crippen LogP contribution in [0.4, 0.5) is 5.69 Å². The third kappa shape index (κ3) is 7.15. The second-order valence-corrected chi connectivity index (χ2v) is 8.20. The van der Waals surface area contributed by atoms with E-state index in [-0.39, 0.29) is 30.7 Å². The zero-order valence-corrected chi connectivity index (χ0v) is 19.5. The number of fused-ring (bicyclic) bond motifs is 1. The molecule has 178 valence electrons. The van der Waals surface area contributed by atoms with E-state index in [4.69, 9.17) is 5.73 Å². The summed E-state index contributed by atoms with van der Waals surface area (Å²) in [6.07, 6.45) is 1.10. The fraction of sp³-hybridized carbons (Fsp3) is 0.296. The second kappa shape index (κ2) is 12.5. The smallest absolute Gasteiger partial charge is 0.242 e. The SMILES string of the molecule is CC(=O)N(CCC(=O)NC(Cc1ccc2ccccc2c1)C(=O)NCCCN)c1ccccc1. The molecule has 0 aliphatic carbocycles. The molecule has 0 aliphatic rings. The van der Waals surface area contributed by atoms with Crippen LogP contribution in [0.25, 0.3) is 10.8 Å². The standard InChI is InChI=1S/C27H32N4O3/c1-20(32)31(24-10-3-2-4-11-24)17-14-26(33)30-25(27(34)29-16-7-15-28)19-21-12-13-22-8-5-6-9-23(22)18-21/h2-6,8-13,18,25H,7,14-17,19,28H2,1H3,(H,29,34)(H,30,33). The molecule has 3 aromatic carbocycles. The third-order valence-electron chi connectivity index (χ3n) is 5.60. The summed E-state index contributed by atoms with van der Waals surface area (Å²) >= 11 is 0. The van der Waals surface area contributed by atoms with E-state index in [1.54, 1.807) is 4.90 Å². The Morgan fingerprint density at radius 3 is 2.35 bits per heavy atom. The predicted molar refractivity (Wildman–Crippen MR) is 135 cm³/mol. The Kier molecular flexibility index (Phi) is 9.17. The van der Waals surface area contributed by atoms with E-state index >= 15 is 0 Å². The number of para-hydroxylation sites is 1. The molecule has 0 aromatic heterocycles. The zero-order chi connectivity index (χ0) is 24.3. The average molecular weight is 461 g/mol. The summed E-state index contributed by atoms with van der Waals surface area (Å²) in [5, 5.41) is 7.92. The van der Waals surface area contributed by atoms with E-state index in [1.807, 2.05) is 72.8 Å². The predicted octanol–water partition coefficient (Wildman–Crippen LogP) is 2.78. The molecule has 0 bridgehead atoms. The number of nitrogens with two attached hydrogens (primary N) is 1. The van der Waals surface area contributed by atoms with Gasteiger partial charge in [-0.1, -0.05) is 60.7 Å². The average Bonchev–Trinajstić information content (AvgIpc) is 2.84. The normalized spacial score (nSPS) is 11.6. The topological polar surface area (TPSA) is 105 Å². The van der Waals surface area contributed by atoms with Crippen LogP contribution in [-0.2, 0) is 20.8 Å². The van der Waals surface area contributed by atoms with E-state index in [0.717, 1.165) is 22.0 Å². The van der Waals surface area contributed by atoms with Crippen molar-refractivity contribution in [2.24, 2.45) is 5.73 Å². The number of hydrogen-bond donors (Lipinski definition) is 3. The number of rotatable bonds is 11. The molecule has 1 unspecified atom stereocenters. The number of anilines is 1. The van der Waals surface area contributed by atoms with Gasteiger partial charge in [0.25, 0.3) is 0 Å². The van der Waals surface area contributed by atoms with Gasteiger partial charge < -0.3 is 21.3 Å². The van der Waals surface area contributed by atoms with Gasteiger partial charge in [-0.2, -0.15) is 0 Å². The highest BCUT2D eigenvalue weighted by molar-refractivity contribution is 5.93. The Bertz CT molecular complexity index is 1120. The fourth-order valence-corrected chi connectivity index (χ4v) is 3.80. The maximum absolute atomic E-state index is 12.9. The van der Waals surface area contributed by atoms with Gasteiger partial charge in [-0.05, 0) is 41.4 Å². The number of nitrogens with one attached hydrogen (secondary N) is 2. The van der Waals surface area contributed by atoms with Crippen LogP contribution in [0.2, 0.25) is 0 Å². The number of carbonyl (C=O) groups is 3. The van der Waals surface area contributed by atoms with Gasteiger partial charge in [0.1, 0.15) is 6.04 Å². The van der Waals surface area contributed by atoms with Gasteiger partial charge in [-0.3, -0.25) is 14.4 Å². The lowest BCUT2D eigenvalue weighted by Gasteiger charge is -2.22. The van der Waals surface area contributed by atoms with E-state index in [2.05, 4.69) is 10.6 Å². The molecule has 34 heavy (non-hydrogen) atoms. The molecule has 0 spiro atoms. The molecule has 3 aromatic rings. The molecular formula is C27H32N4O3. The van der Waals surface area contributed by atoms with Crippen LogP contribution in [0, 0.1) is 0 Å². The first-order valence-corrected chi connectivity index (χ1v) is 11.6. The highest BCUT2D eigenvalue weighted by atomic mass is 16.2. The molecule has 0 aliphatic heterocycles. The summed E-state index contributed by atoms with van der Waals surface area (Å²) in [5.41, 5.74) is 7.22. The Hall–Kier alpha value is -3.71. The largest absolute Gasteiger partial charge is 0.354 e. The minimum Gasteiger partial charge on any atom is -0.354 e. The van der Waals surface area contributed by atoms with Crippen LogP contribution in [0.1, 0.15) is 25.3 Å². The maximum atomic E-state index is 12.9. The molecule has 0 fully saturated rings. The van der Waals surface area contributed by atoms with E-state index < -0.39 is 6.04 Å². The Balaban J connectivity index is 1.68. The first kappa shape index (κ1) is 24.9. The van der Waals surface area contributed by atoms with Crippen molar-refractivity contribution in [1.82, 2.24) is 10.6 Å². The lowest BCUT2D eigenvalue weighted by atomic mass is 10.0. The number of amides is 3. The van der Waals surface area contributed by atoms with Crippen molar-refractivity contribution >= 4 is 34.2 Å². The minimum atomic E-state index is -0.728. The van der Waals surface area contributed by atoms with Gasteiger partial charge in [0, 0.05) is 38.5 Å². The zero-order valence-electron chi connectivity index (χ0n) is 19.5. The Morgan fingerprint density at radius 1 is 0.941 bits per heavy atom. The lowest BCUT2D eigenvalue weighted by Crippen LogP contribution is -2.49. The number of carbonyl (C=O) groups excluding carboxylic acids is 3. The number of hydrogen-bond acceptors (Lipinski definition) is 4. The van der Waals surface area contributed by atoms with Gasteiger partial charge in [0.15, 0.2) is 0 Å².